The Morgan fingerprint density at radius 1 is 0.963 bits per heavy atom. The Labute approximate surface area is 151 Å². The molecule has 0 unspecified atom stereocenters. The molecule has 3 aromatic rings. The molecule has 2 N–H and O–H groups in total. The number of sulfonamides is 1. The van der Waals surface area contributed by atoms with Crippen LogP contribution in [0.3, 0.4) is 0 Å². The van der Waals surface area contributed by atoms with Crippen molar-refractivity contribution in [2.24, 2.45) is 0 Å². The first-order valence-corrected chi connectivity index (χ1v) is 9.22. The molecule has 1 aliphatic rings. The molecule has 0 aliphatic carbocycles. The fraction of sp³-hybridized carbons (Fsp3) is 0.0556. The first-order chi connectivity index (χ1) is 12.7. The SMILES string of the molecule is O=C1Nc2ccc(S(=O)(=O)Nc3cccc(C(F)(F)F)c3)c3cccc1c23. The fourth-order valence-electron chi connectivity index (χ4n) is 3.07. The first-order valence-electron chi connectivity index (χ1n) is 7.74. The number of carbonyl (C=O) groups is 1. The molecule has 0 saturated heterocycles. The zero-order valence-electron chi connectivity index (χ0n) is 13.5. The highest BCUT2D eigenvalue weighted by atomic mass is 32.2. The van der Waals surface area contributed by atoms with Crippen LogP contribution in [0.25, 0.3) is 10.8 Å². The summed E-state index contributed by atoms with van der Waals surface area (Å²) in [7, 11) is -4.18. The molecular formula is C18H11F3N2O3S. The lowest BCUT2D eigenvalue weighted by Gasteiger charge is -2.13. The molecule has 9 heteroatoms. The van der Waals surface area contributed by atoms with Crippen molar-refractivity contribution in [2.75, 3.05) is 10.0 Å². The molecule has 0 fully saturated rings. The van der Waals surface area contributed by atoms with Gasteiger partial charge in [-0.05, 0) is 36.4 Å². The van der Waals surface area contributed by atoms with E-state index in [-0.39, 0.29) is 16.5 Å². The van der Waals surface area contributed by atoms with Crippen molar-refractivity contribution in [1.82, 2.24) is 0 Å². The van der Waals surface area contributed by atoms with Gasteiger partial charge in [0, 0.05) is 27.7 Å². The average Bonchev–Trinajstić information content (AvgIpc) is 2.92. The zero-order chi connectivity index (χ0) is 19.4. The van der Waals surface area contributed by atoms with Gasteiger partial charge >= 0.3 is 6.18 Å². The molecular weight excluding hydrogens is 381 g/mol. The monoisotopic (exact) mass is 392 g/mol. The summed E-state index contributed by atoms with van der Waals surface area (Å²) in [5, 5.41) is 3.42. The number of hydrogen-bond donors (Lipinski definition) is 2. The Bertz CT molecular complexity index is 1200. The van der Waals surface area contributed by atoms with E-state index in [1.165, 1.54) is 18.2 Å². The van der Waals surface area contributed by atoms with Crippen LogP contribution in [0.4, 0.5) is 24.5 Å². The van der Waals surface area contributed by atoms with Crippen molar-refractivity contribution in [3.05, 3.63) is 65.7 Å². The van der Waals surface area contributed by atoms with Gasteiger partial charge in [-0.2, -0.15) is 13.2 Å². The molecule has 0 spiro atoms. The smallest absolute Gasteiger partial charge is 0.321 e. The van der Waals surface area contributed by atoms with Crippen molar-refractivity contribution < 1.29 is 26.4 Å². The number of amides is 1. The molecule has 0 radical (unpaired) electrons. The maximum absolute atomic E-state index is 12.8. The number of nitrogens with one attached hydrogen (secondary N) is 2. The van der Waals surface area contributed by atoms with Crippen LogP contribution in [0.5, 0.6) is 0 Å². The van der Waals surface area contributed by atoms with E-state index < -0.39 is 21.8 Å². The van der Waals surface area contributed by atoms with E-state index in [1.807, 2.05) is 0 Å². The van der Waals surface area contributed by atoms with Crippen LogP contribution >= 0.6 is 0 Å². The molecule has 1 aliphatic heterocycles. The topological polar surface area (TPSA) is 75.3 Å². The minimum absolute atomic E-state index is 0.128. The summed E-state index contributed by atoms with van der Waals surface area (Å²) in [6, 6.07) is 11.4. The largest absolute Gasteiger partial charge is 0.416 e. The summed E-state index contributed by atoms with van der Waals surface area (Å²) in [6.45, 7) is 0. The normalized spacial score (nSPS) is 13.7. The number of anilines is 2. The van der Waals surface area contributed by atoms with Gasteiger partial charge < -0.3 is 5.32 Å². The van der Waals surface area contributed by atoms with E-state index in [4.69, 9.17) is 0 Å². The van der Waals surface area contributed by atoms with Gasteiger partial charge in [0.1, 0.15) is 0 Å². The van der Waals surface area contributed by atoms with Crippen molar-refractivity contribution in [3.63, 3.8) is 0 Å². The lowest BCUT2D eigenvalue weighted by molar-refractivity contribution is -0.137. The van der Waals surface area contributed by atoms with E-state index in [9.17, 15) is 26.4 Å². The number of rotatable bonds is 3. The van der Waals surface area contributed by atoms with E-state index in [2.05, 4.69) is 10.0 Å². The average molecular weight is 392 g/mol. The van der Waals surface area contributed by atoms with Crippen molar-refractivity contribution in [1.29, 1.82) is 0 Å². The third-order valence-corrected chi connectivity index (χ3v) is 5.66. The van der Waals surface area contributed by atoms with Gasteiger partial charge in [0.25, 0.3) is 15.9 Å². The minimum atomic E-state index is -4.59. The molecule has 0 saturated carbocycles. The third kappa shape index (κ3) is 2.89. The van der Waals surface area contributed by atoms with E-state index in [1.54, 1.807) is 18.2 Å². The van der Waals surface area contributed by atoms with Crippen LogP contribution < -0.4 is 10.0 Å². The predicted molar refractivity (Wildman–Crippen MR) is 94.2 cm³/mol. The van der Waals surface area contributed by atoms with Crippen LogP contribution in [0.15, 0.2) is 59.5 Å². The highest BCUT2D eigenvalue weighted by molar-refractivity contribution is 7.93. The number of benzene rings is 3. The lowest BCUT2D eigenvalue weighted by Crippen LogP contribution is -2.14. The van der Waals surface area contributed by atoms with Crippen LogP contribution in [0.2, 0.25) is 0 Å². The summed E-state index contributed by atoms with van der Waals surface area (Å²) >= 11 is 0. The maximum Gasteiger partial charge on any atom is 0.416 e. The van der Waals surface area contributed by atoms with Gasteiger partial charge in [-0.3, -0.25) is 9.52 Å². The first kappa shape index (κ1) is 17.3. The van der Waals surface area contributed by atoms with E-state index in [0.29, 0.717) is 22.0 Å². The number of hydrogen-bond acceptors (Lipinski definition) is 3. The van der Waals surface area contributed by atoms with Gasteiger partial charge in [-0.15, -0.1) is 0 Å². The Morgan fingerprint density at radius 2 is 1.70 bits per heavy atom. The van der Waals surface area contributed by atoms with Crippen LogP contribution in [-0.4, -0.2) is 14.3 Å². The molecule has 1 heterocycles. The Hall–Kier alpha value is -3.07. The van der Waals surface area contributed by atoms with Crippen LogP contribution in [0.1, 0.15) is 15.9 Å². The summed E-state index contributed by atoms with van der Waals surface area (Å²) in [6.07, 6.45) is -4.59. The molecule has 1 amide bonds. The van der Waals surface area contributed by atoms with Gasteiger partial charge in [0.2, 0.25) is 0 Å². The molecule has 4 rings (SSSR count). The Kier molecular flexibility index (Phi) is 3.67. The van der Waals surface area contributed by atoms with Gasteiger partial charge in [-0.1, -0.05) is 18.2 Å². The number of alkyl halides is 3. The summed E-state index contributed by atoms with van der Waals surface area (Å²) in [5.74, 6) is -0.337. The summed E-state index contributed by atoms with van der Waals surface area (Å²) in [5.41, 5.74) is -0.331. The second kappa shape index (κ2) is 5.71. The summed E-state index contributed by atoms with van der Waals surface area (Å²) in [4.78, 5) is 11.8. The molecule has 0 atom stereocenters. The van der Waals surface area contributed by atoms with Crippen molar-refractivity contribution in [2.45, 2.75) is 11.1 Å². The van der Waals surface area contributed by atoms with Crippen LogP contribution in [-0.2, 0) is 16.2 Å². The van der Waals surface area contributed by atoms with E-state index >= 15 is 0 Å². The molecule has 27 heavy (non-hydrogen) atoms. The molecule has 0 aromatic heterocycles. The van der Waals surface area contributed by atoms with Crippen LogP contribution in [0, 0.1) is 0 Å². The van der Waals surface area contributed by atoms with E-state index in [0.717, 1.165) is 18.2 Å². The Balaban J connectivity index is 1.81. The van der Waals surface area contributed by atoms with Gasteiger partial charge in [-0.25, -0.2) is 8.42 Å². The van der Waals surface area contributed by atoms with Crippen molar-refractivity contribution in [3.8, 4) is 0 Å². The van der Waals surface area contributed by atoms with Crippen molar-refractivity contribution >= 4 is 38.1 Å². The number of carbonyl (C=O) groups excluding carboxylic acids is 1. The fourth-order valence-corrected chi connectivity index (χ4v) is 4.32. The zero-order valence-corrected chi connectivity index (χ0v) is 14.3. The highest BCUT2D eigenvalue weighted by Crippen LogP contribution is 2.37. The van der Waals surface area contributed by atoms with Gasteiger partial charge in [0.05, 0.1) is 10.5 Å². The second-order valence-corrected chi connectivity index (χ2v) is 7.63. The number of halogens is 3. The molecule has 138 valence electrons. The molecule has 5 nitrogen and oxygen atoms in total. The quantitative estimate of drug-likeness (QED) is 0.701. The Morgan fingerprint density at radius 3 is 2.44 bits per heavy atom. The summed E-state index contributed by atoms with van der Waals surface area (Å²) < 4.78 is 66.3. The maximum atomic E-state index is 12.8. The predicted octanol–water partition coefficient (Wildman–Crippen LogP) is 4.23. The third-order valence-electron chi connectivity index (χ3n) is 4.23. The standard InChI is InChI=1S/C18H11F3N2O3S/c19-18(20,21)10-3-1-4-11(9-10)23-27(25,26)15-8-7-14-16-12(15)5-2-6-13(16)17(24)22-14/h1-9,23H,(H,22,24). The highest BCUT2D eigenvalue weighted by Gasteiger charge is 2.31. The second-order valence-electron chi connectivity index (χ2n) is 5.98. The molecule has 3 aromatic carbocycles. The lowest BCUT2D eigenvalue weighted by atomic mass is 10.1. The van der Waals surface area contributed by atoms with Gasteiger partial charge in [0.15, 0.2) is 0 Å². The molecule has 0 bridgehead atoms. The minimum Gasteiger partial charge on any atom is -0.321 e.